The molecule has 0 aliphatic heterocycles. The summed E-state index contributed by atoms with van der Waals surface area (Å²) in [5.74, 6) is -0.0781. The molecule has 0 radical (unpaired) electrons. The molecular weight excluding hydrogens is 328 g/mol. The zero-order valence-electron chi connectivity index (χ0n) is 10.1. The van der Waals surface area contributed by atoms with Crippen molar-refractivity contribution in [3.63, 3.8) is 0 Å². The van der Waals surface area contributed by atoms with Crippen molar-refractivity contribution in [1.29, 1.82) is 0 Å². The number of anilines is 1. The molecule has 2 aromatic rings. The quantitative estimate of drug-likeness (QED) is 0.853. The molecule has 1 heterocycles. The van der Waals surface area contributed by atoms with Crippen LogP contribution in [0.1, 0.15) is 12.0 Å². The Labute approximate surface area is 125 Å². The van der Waals surface area contributed by atoms with Crippen molar-refractivity contribution in [3.8, 4) is 0 Å². The molecule has 0 spiro atoms. The van der Waals surface area contributed by atoms with Gasteiger partial charge in [0.1, 0.15) is 0 Å². The van der Waals surface area contributed by atoms with Crippen molar-refractivity contribution in [2.24, 2.45) is 0 Å². The van der Waals surface area contributed by atoms with Gasteiger partial charge >= 0.3 is 0 Å². The van der Waals surface area contributed by atoms with Crippen molar-refractivity contribution >= 4 is 39.1 Å². The number of aryl methyl sites for hydroxylation is 1. The Morgan fingerprint density at radius 1 is 1.32 bits per heavy atom. The minimum Gasteiger partial charge on any atom is -0.323 e. The van der Waals surface area contributed by atoms with Crippen LogP contribution in [0.4, 0.5) is 5.69 Å². The van der Waals surface area contributed by atoms with Gasteiger partial charge in [-0.15, -0.1) is 0 Å². The van der Waals surface area contributed by atoms with Gasteiger partial charge in [-0.3, -0.25) is 4.79 Å². The Kier molecular flexibility index (Phi) is 4.93. The number of hydrogen-bond donors (Lipinski definition) is 1. The first-order valence-corrected chi connectivity index (χ1v) is 6.97. The molecule has 0 atom stereocenters. The Bertz CT molecular complexity index is 575. The van der Waals surface area contributed by atoms with E-state index in [0.717, 1.165) is 10.0 Å². The average molecular weight is 340 g/mol. The molecule has 1 N–H and O–H groups in total. The Morgan fingerprint density at radius 3 is 2.79 bits per heavy atom. The SMILES string of the molecule is O=C(CCc1ccccc1)Nc1cc(Br)cnc1Cl. The lowest BCUT2D eigenvalue weighted by Gasteiger charge is -2.07. The largest absolute Gasteiger partial charge is 0.323 e. The van der Waals surface area contributed by atoms with Crippen LogP contribution in [0.2, 0.25) is 5.15 Å². The fraction of sp³-hybridized carbons (Fsp3) is 0.143. The molecule has 2 rings (SSSR count). The highest BCUT2D eigenvalue weighted by Crippen LogP contribution is 2.23. The van der Waals surface area contributed by atoms with E-state index in [0.29, 0.717) is 18.5 Å². The number of amides is 1. The lowest BCUT2D eigenvalue weighted by Crippen LogP contribution is -2.13. The Hall–Kier alpha value is -1.39. The zero-order chi connectivity index (χ0) is 13.7. The first kappa shape index (κ1) is 14.0. The van der Waals surface area contributed by atoms with Crippen molar-refractivity contribution in [2.45, 2.75) is 12.8 Å². The van der Waals surface area contributed by atoms with Crippen LogP contribution in [0.25, 0.3) is 0 Å². The number of nitrogens with one attached hydrogen (secondary N) is 1. The molecule has 0 fully saturated rings. The Morgan fingerprint density at radius 2 is 2.05 bits per heavy atom. The molecule has 0 saturated heterocycles. The van der Waals surface area contributed by atoms with E-state index in [1.165, 1.54) is 0 Å². The van der Waals surface area contributed by atoms with Crippen LogP contribution in [0.5, 0.6) is 0 Å². The summed E-state index contributed by atoms with van der Waals surface area (Å²) in [6.07, 6.45) is 2.69. The van der Waals surface area contributed by atoms with Crippen molar-refractivity contribution in [1.82, 2.24) is 4.98 Å². The number of benzene rings is 1. The number of carbonyl (C=O) groups excluding carboxylic acids is 1. The summed E-state index contributed by atoms with van der Waals surface area (Å²) in [6, 6.07) is 11.6. The van der Waals surface area contributed by atoms with Gasteiger partial charge < -0.3 is 5.32 Å². The number of pyridine rings is 1. The molecule has 1 aromatic heterocycles. The number of halogens is 2. The number of aromatic nitrogens is 1. The predicted octanol–water partition coefficient (Wildman–Crippen LogP) is 4.07. The van der Waals surface area contributed by atoms with Crippen molar-refractivity contribution < 1.29 is 4.79 Å². The lowest BCUT2D eigenvalue weighted by atomic mass is 10.1. The van der Waals surface area contributed by atoms with Crippen molar-refractivity contribution in [2.75, 3.05) is 5.32 Å². The third kappa shape index (κ3) is 4.33. The molecule has 0 bridgehead atoms. The highest BCUT2D eigenvalue weighted by molar-refractivity contribution is 9.10. The highest BCUT2D eigenvalue weighted by atomic mass is 79.9. The number of rotatable bonds is 4. The highest BCUT2D eigenvalue weighted by Gasteiger charge is 2.07. The second kappa shape index (κ2) is 6.68. The average Bonchev–Trinajstić information content (AvgIpc) is 2.42. The summed E-state index contributed by atoms with van der Waals surface area (Å²) >= 11 is 9.20. The summed E-state index contributed by atoms with van der Waals surface area (Å²) < 4.78 is 0.773. The topological polar surface area (TPSA) is 42.0 Å². The van der Waals surface area contributed by atoms with Crippen LogP contribution in [-0.4, -0.2) is 10.9 Å². The summed E-state index contributed by atoms with van der Waals surface area (Å²) in [5, 5.41) is 3.05. The van der Waals surface area contributed by atoms with E-state index in [1.54, 1.807) is 12.3 Å². The predicted molar refractivity (Wildman–Crippen MR) is 80.3 cm³/mol. The lowest BCUT2D eigenvalue weighted by molar-refractivity contribution is -0.116. The first-order valence-electron chi connectivity index (χ1n) is 5.80. The molecule has 0 aliphatic rings. The van der Waals surface area contributed by atoms with Gasteiger partial charge in [-0.25, -0.2) is 4.98 Å². The normalized spacial score (nSPS) is 10.2. The van der Waals surface area contributed by atoms with Gasteiger partial charge in [0.05, 0.1) is 5.69 Å². The van der Waals surface area contributed by atoms with Gasteiger partial charge in [0.25, 0.3) is 0 Å². The number of nitrogens with zero attached hydrogens (tertiary/aromatic N) is 1. The molecule has 3 nitrogen and oxygen atoms in total. The summed E-state index contributed by atoms with van der Waals surface area (Å²) in [5.41, 5.74) is 1.66. The fourth-order valence-corrected chi connectivity index (χ4v) is 2.11. The third-order valence-electron chi connectivity index (χ3n) is 2.56. The minimum atomic E-state index is -0.0781. The van der Waals surface area contributed by atoms with E-state index < -0.39 is 0 Å². The van der Waals surface area contributed by atoms with Gasteiger partial charge in [-0.1, -0.05) is 41.9 Å². The second-order valence-corrected chi connectivity index (χ2v) is 5.30. The summed E-state index contributed by atoms with van der Waals surface area (Å²) in [6.45, 7) is 0. The van der Waals surface area contributed by atoms with E-state index in [2.05, 4.69) is 26.2 Å². The number of hydrogen-bond acceptors (Lipinski definition) is 2. The maximum Gasteiger partial charge on any atom is 0.224 e. The second-order valence-electron chi connectivity index (χ2n) is 4.03. The molecule has 0 saturated carbocycles. The van der Waals surface area contributed by atoms with Crippen LogP contribution in [0, 0.1) is 0 Å². The van der Waals surface area contributed by atoms with Crippen LogP contribution < -0.4 is 5.32 Å². The fourth-order valence-electron chi connectivity index (χ4n) is 1.63. The molecule has 0 unspecified atom stereocenters. The van der Waals surface area contributed by atoms with Gasteiger partial charge in [-0.05, 0) is 34.0 Å². The van der Waals surface area contributed by atoms with Crippen LogP contribution in [0.3, 0.4) is 0 Å². The van der Waals surface area contributed by atoms with Crippen LogP contribution in [-0.2, 0) is 11.2 Å². The summed E-state index contributed by atoms with van der Waals surface area (Å²) in [7, 11) is 0. The van der Waals surface area contributed by atoms with Crippen LogP contribution in [0.15, 0.2) is 47.1 Å². The van der Waals surface area contributed by atoms with Crippen LogP contribution >= 0.6 is 27.5 Å². The van der Waals surface area contributed by atoms with Gasteiger partial charge in [0, 0.05) is 17.1 Å². The van der Waals surface area contributed by atoms with Gasteiger partial charge in [0.15, 0.2) is 5.15 Å². The standard InChI is InChI=1S/C14H12BrClN2O/c15-11-8-12(14(16)17-9-11)18-13(19)7-6-10-4-2-1-3-5-10/h1-5,8-9H,6-7H2,(H,18,19). The molecule has 1 amide bonds. The third-order valence-corrected chi connectivity index (χ3v) is 3.30. The first-order chi connectivity index (χ1) is 9.15. The van der Waals surface area contributed by atoms with E-state index in [1.807, 2.05) is 30.3 Å². The van der Waals surface area contributed by atoms with E-state index in [9.17, 15) is 4.79 Å². The number of carbonyl (C=O) groups is 1. The summed E-state index contributed by atoms with van der Waals surface area (Å²) in [4.78, 5) is 15.8. The van der Waals surface area contributed by atoms with E-state index in [-0.39, 0.29) is 11.1 Å². The van der Waals surface area contributed by atoms with E-state index >= 15 is 0 Å². The van der Waals surface area contributed by atoms with E-state index in [4.69, 9.17) is 11.6 Å². The van der Waals surface area contributed by atoms with Gasteiger partial charge in [-0.2, -0.15) is 0 Å². The minimum absolute atomic E-state index is 0.0781. The molecule has 1 aromatic carbocycles. The maximum absolute atomic E-state index is 11.8. The molecule has 19 heavy (non-hydrogen) atoms. The molecule has 98 valence electrons. The monoisotopic (exact) mass is 338 g/mol. The molecule has 5 heteroatoms. The zero-order valence-corrected chi connectivity index (χ0v) is 12.4. The maximum atomic E-state index is 11.8. The Balaban J connectivity index is 1.93. The smallest absolute Gasteiger partial charge is 0.224 e. The molecule has 0 aliphatic carbocycles. The van der Waals surface area contributed by atoms with Gasteiger partial charge in [0.2, 0.25) is 5.91 Å². The van der Waals surface area contributed by atoms with Crippen molar-refractivity contribution in [3.05, 3.63) is 57.8 Å². The molecular formula is C14H12BrClN2O.